The zero-order valence-electron chi connectivity index (χ0n) is 19.2. The molecule has 4 rings (SSSR count). The van der Waals surface area contributed by atoms with Gasteiger partial charge in [-0.25, -0.2) is 13.2 Å². The van der Waals surface area contributed by atoms with Gasteiger partial charge in [0.25, 0.3) is 0 Å². The first-order valence-electron chi connectivity index (χ1n) is 11.5. The largest absolute Gasteiger partial charge is 0.462 e. The number of benzene rings is 3. The van der Waals surface area contributed by atoms with Gasteiger partial charge in [0.1, 0.15) is 0 Å². The standard InChI is InChI=1S/C29H26F4O/c1-3-17-34-25-16-15-24(28(32)29(25)33)21-11-9-20(10-12-21)23-14-13-22(26(30)27(23)31)19-7-5-18(4-2)6-8-19/h3,7,9-18H,4-6,8H2,1-2H3. The molecule has 0 spiro atoms. The second-order valence-electron chi connectivity index (χ2n) is 8.47. The lowest BCUT2D eigenvalue weighted by molar-refractivity contribution is 0.415. The summed E-state index contributed by atoms with van der Waals surface area (Å²) in [4.78, 5) is 0. The van der Waals surface area contributed by atoms with E-state index < -0.39 is 23.3 Å². The monoisotopic (exact) mass is 466 g/mol. The van der Waals surface area contributed by atoms with E-state index in [1.165, 1.54) is 18.4 Å². The molecule has 3 aromatic rings. The number of ether oxygens (including phenoxy) is 1. The molecule has 0 aromatic heterocycles. The van der Waals surface area contributed by atoms with E-state index in [1.54, 1.807) is 49.4 Å². The predicted molar refractivity (Wildman–Crippen MR) is 128 cm³/mol. The molecule has 0 amide bonds. The lowest BCUT2D eigenvalue weighted by atomic mass is 9.84. The van der Waals surface area contributed by atoms with Gasteiger partial charge in [-0.3, -0.25) is 0 Å². The molecule has 0 fully saturated rings. The molecule has 1 aliphatic carbocycles. The van der Waals surface area contributed by atoms with Crippen LogP contribution in [-0.2, 0) is 0 Å². The minimum Gasteiger partial charge on any atom is -0.462 e. The molecule has 5 heteroatoms. The second kappa shape index (κ2) is 10.3. The fraction of sp³-hybridized carbons (Fsp3) is 0.241. The number of rotatable bonds is 6. The van der Waals surface area contributed by atoms with Crippen LogP contribution < -0.4 is 4.74 Å². The minimum atomic E-state index is -1.09. The van der Waals surface area contributed by atoms with Gasteiger partial charge in [0.2, 0.25) is 5.82 Å². The van der Waals surface area contributed by atoms with Crippen molar-refractivity contribution in [2.45, 2.75) is 39.5 Å². The molecule has 1 atom stereocenters. The molecule has 0 heterocycles. The molecule has 34 heavy (non-hydrogen) atoms. The molecular formula is C29H26F4O. The first-order valence-corrected chi connectivity index (χ1v) is 11.5. The van der Waals surface area contributed by atoms with E-state index in [-0.39, 0.29) is 16.9 Å². The molecule has 1 aliphatic rings. The van der Waals surface area contributed by atoms with Gasteiger partial charge in [0.05, 0.1) is 6.26 Å². The topological polar surface area (TPSA) is 9.23 Å². The van der Waals surface area contributed by atoms with Gasteiger partial charge >= 0.3 is 0 Å². The summed E-state index contributed by atoms with van der Waals surface area (Å²) in [5.41, 5.74) is 2.19. The van der Waals surface area contributed by atoms with Crippen LogP contribution in [0.3, 0.4) is 0 Å². The third-order valence-electron chi connectivity index (χ3n) is 6.41. The highest BCUT2D eigenvalue weighted by atomic mass is 19.2. The van der Waals surface area contributed by atoms with Crippen molar-refractivity contribution < 1.29 is 22.3 Å². The molecule has 0 radical (unpaired) electrons. The third kappa shape index (κ3) is 4.65. The van der Waals surface area contributed by atoms with E-state index in [1.807, 2.05) is 6.08 Å². The zero-order chi connectivity index (χ0) is 24.2. The number of hydrogen-bond acceptors (Lipinski definition) is 1. The van der Waals surface area contributed by atoms with Crippen LogP contribution in [0.25, 0.3) is 27.8 Å². The highest BCUT2D eigenvalue weighted by Crippen LogP contribution is 2.36. The highest BCUT2D eigenvalue weighted by molar-refractivity contribution is 5.74. The Morgan fingerprint density at radius 3 is 1.91 bits per heavy atom. The summed E-state index contributed by atoms with van der Waals surface area (Å²) in [5, 5.41) is 0. The maximum Gasteiger partial charge on any atom is 0.201 e. The van der Waals surface area contributed by atoms with Gasteiger partial charge < -0.3 is 4.74 Å². The van der Waals surface area contributed by atoms with Crippen molar-refractivity contribution >= 4 is 5.57 Å². The second-order valence-corrected chi connectivity index (χ2v) is 8.47. The summed E-state index contributed by atoms with van der Waals surface area (Å²) >= 11 is 0. The Morgan fingerprint density at radius 1 is 0.794 bits per heavy atom. The van der Waals surface area contributed by atoms with Gasteiger partial charge in [-0.2, -0.15) is 4.39 Å². The average Bonchev–Trinajstić information content (AvgIpc) is 2.87. The van der Waals surface area contributed by atoms with Crippen molar-refractivity contribution in [3.8, 4) is 28.0 Å². The van der Waals surface area contributed by atoms with E-state index in [0.29, 0.717) is 22.6 Å². The van der Waals surface area contributed by atoms with Crippen molar-refractivity contribution in [2.75, 3.05) is 0 Å². The van der Waals surface area contributed by atoms with E-state index in [4.69, 9.17) is 4.74 Å². The van der Waals surface area contributed by atoms with Gasteiger partial charge in [0.15, 0.2) is 23.2 Å². The minimum absolute atomic E-state index is 0.0495. The predicted octanol–water partition coefficient (Wildman–Crippen LogP) is 9.08. The number of halogens is 4. The summed E-state index contributed by atoms with van der Waals surface area (Å²) in [6.45, 7) is 3.84. The van der Waals surface area contributed by atoms with E-state index in [0.717, 1.165) is 31.3 Å². The van der Waals surface area contributed by atoms with Gasteiger partial charge in [-0.1, -0.05) is 61.9 Å². The molecule has 3 aromatic carbocycles. The molecule has 0 N–H and O–H groups in total. The average molecular weight is 467 g/mol. The van der Waals surface area contributed by atoms with E-state index in [2.05, 4.69) is 6.92 Å². The molecule has 0 saturated heterocycles. The quantitative estimate of drug-likeness (QED) is 0.260. The van der Waals surface area contributed by atoms with Crippen LogP contribution in [0.2, 0.25) is 0 Å². The van der Waals surface area contributed by atoms with Crippen LogP contribution in [0.1, 0.15) is 45.1 Å². The van der Waals surface area contributed by atoms with Gasteiger partial charge in [-0.15, -0.1) is 0 Å². The summed E-state index contributed by atoms with van der Waals surface area (Å²) in [5.74, 6) is -3.51. The summed E-state index contributed by atoms with van der Waals surface area (Å²) in [6, 6.07) is 12.2. The molecule has 1 nitrogen and oxygen atoms in total. The van der Waals surface area contributed by atoms with E-state index >= 15 is 4.39 Å². The van der Waals surface area contributed by atoms with Crippen molar-refractivity contribution in [2.24, 2.45) is 5.92 Å². The molecule has 1 unspecified atom stereocenters. The Bertz CT molecular complexity index is 1240. The Balaban J connectivity index is 1.61. The van der Waals surface area contributed by atoms with Crippen LogP contribution in [-0.4, -0.2) is 0 Å². The smallest absolute Gasteiger partial charge is 0.201 e. The van der Waals surface area contributed by atoms with Crippen LogP contribution in [0, 0.1) is 29.2 Å². The third-order valence-corrected chi connectivity index (χ3v) is 6.41. The van der Waals surface area contributed by atoms with Crippen LogP contribution >= 0.6 is 0 Å². The first kappa shape index (κ1) is 23.8. The summed E-state index contributed by atoms with van der Waals surface area (Å²) in [6.07, 6.45) is 8.53. The molecule has 0 saturated carbocycles. The fourth-order valence-electron chi connectivity index (χ4n) is 4.34. The first-order chi connectivity index (χ1) is 16.4. The van der Waals surface area contributed by atoms with Crippen molar-refractivity contribution in [3.05, 3.63) is 95.8 Å². The van der Waals surface area contributed by atoms with Crippen LogP contribution in [0.4, 0.5) is 17.6 Å². The summed E-state index contributed by atoms with van der Waals surface area (Å²) in [7, 11) is 0. The summed E-state index contributed by atoms with van der Waals surface area (Å²) < 4.78 is 63.9. The molecular weight excluding hydrogens is 440 g/mol. The van der Waals surface area contributed by atoms with Crippen molar-refractivity contribution in [3.63, 3.8) is 0 Å². The SMILES string of the molecule is CC=COc1ccc(-c2ccc(-c3ccc(C4=CCC(CC)CC4)c(F)c3F)cc2)c(F)c1F. The Morgan fingerprint density at radius 2 is 1.35 bits per heavy atom. The molecule has 0 aliphatic heterocycles. The van der Waals surface area contributed by atoms with Gasteiger partial charge in [-0.05, 0) is 60.9 Å². The van der Waals surface area contributed by atoms with Crippen LogP contribution in [0.5, 0.6) is 5.75 Å². The maximum absolute atomic E-state index is 15.0. The van der Waals surface area contributed by atoms with Crippen molar-refractivity contribution in [1.82, 2.24) is 0 Å². The van der Waals surface area contributed by atoms with Crippen molar-refractivity contribution in [1.29, 1.82) is 0 Å². The Hall–Kier alpha value is -3.34. The fourth-order valence-corrected chi connectivity index (χ4v) is 4.34. The lowest BCUT2D eigenvalue weighted by Gasteiger charge is -2.21. The Labute approximate surface area is 197 Å². The van der Waals surface area contributed by atoms with E-state index in [9.17, 15) is 13.2 Å². The molecule has 0 bridgehead atoms. The normalized spacial score (nSPS) is 16.1. The highest BCUT2D eigenvalue weighted by Gasteiger charge is 2.21. The Kier molecular flexibility index (Phi) is 7.20. The zero-order valence-corrected chi connectivity index (χ0v) is 19.2. The molecule has 176 valence electrons. The number of hydrogen-bond donors (Lipinski definition) is 0. The van der Waals surface area contributed by atoms with Crippen LogP contribution in [0.15, 0.2) is 66.9 Å². The number of allylic oxidation sites excluding steroid dienone is 3. The lowest BCUT2D eigenvalue weighted by Crippen LogP contribution is -2.06. The maximum atomic E-state index is 15.0. The van der Waals surface area contributed by atoms with Gasteiger partial charge in [0, 0.05) is 16.7 Å².